The Morgan fingerprint density at radius 3 is 2.52 bits per heavy atom. The van der Waals surface area contributed by atoms with Gasteiger partial charge >= 0.3 is 6.03 Å². The Balaban J connectivity index is 2.61. The maximum Gasteiger partial charge on any atom is 0.321 e. The Morgan fingerprint density at radius 1 is 1.12 bits per heavy atom. The Bertz CT molecular complexity index is 545. The van der Waals surface area contributed by atoms with E-state index in [2.05, 4.69) is 24.5 Å². The van der Waals surface area contributed by atoms with E-state index >= 15 is 0 Å². The third-order valence-corrected chi connectivity index (χ3v) is 4.25. The first kappa shape index (κ1) is 21.0. The molecule has 0 bridgehead atoms. The van der Waals surface area contributed by atoms with Gasteiger partial charge in [0.25, 0.3) is 0 Å². The Morgan fingerprint density at radius 2 is 1.84 bits per heavy atom. The number of hydrogen-bond acceptors (Lipinski definition) is 2. The zero-order valence-corrected chi connectivity index (χ0v) is 16.1. The van der Waals surface area contributed by atoms with Crippen molar-refractivity contribution in [1.82, 2.24) is 5.32 Å². The molecule has 0 fully saturated rings. The van der Waals surface area contributed by atoms with Crippen LogP contribution < -0.4 is 15.5 Å². The minimum atomic E-state index is -0.170. The van der Waals surface area contributed by atoms with Gasteiger partial charge in [0.05, 0.1) is 11.4 Å². The molecule has 5 nitrogen and oxygen atoms in total. The molecule has 3 amide bonds. The third-order valence-electron chi connectivity index (χ3n) is 4.25. The molecule has 140 valence electrons. The van der Waals surface area contributed by atoms with Crippen molar-refractivity contribution in [3.8, 4) is 0 Å². The van der Waals surface area contributed by atoms with Gasteiger partial charge in [-0.15, -0.1) is 0 Å². The van der Waals surface area contributed by atoms with Crippen molar-refractivity contribution in [2.24, 2.45) is 5.92 Å². The van der Waals surface area contributed by atoms with Crippen LogP contribution in [0.2, 0.25) is 0 Å². The summed E-state index contributed by atoms with van der Waals surface area (Å²) in [5.74, 6) is 0.664. The second-order valence-electron chi connectivity index (χ2n) is 6.64. The average molecular weight is 348 g/mol. The summed E-state index contributed by atoms with van der Waals surface area (Å²) in [7, 11) is 1.71. The zero-order chi connectivity index (χ0) is 18.7. The van der Waals surface area contributed by atoms with Gasteiger partial charge in [-0.1, -0.05) is 52.2 Å². The van der Waals surface area contributed by atoms with Crippen LogP contribution >= 0.6 is 0 Å². The van der Waals surface area contributed by atoms with Crippen LogP contribution in [-0.4, -0.2) is 25.5 Å². The van der Waals surface area contributed by atoms with Crippen LogP contribution in [0.25, 0.3) is 0 Å². The van der Waals surface area contributed by atoms with Crippen molar-refractivity contribution in [3.05, 3.63) is 24.3 Å². The summed E-state index contributed by atoms with van der Waals surface area (Å²) in [5, 5.41) is 5.79. The van der Waals surface area contributed by atoms with Gasteiger partial charge in [-0.2, -0.15) is 0 Å². The van der Waals surface area contributed by atoms with Gasteiger partial charge in [0.15, 0.2) is 0 Å². The van der Waals surface area contributed by atoms with Crippen LogP contribution in [0, 0.1) is 5.92 Å². The SMILES string of the molecule is CCCNC(=O)N(C)c1ccccc1NC(=O)CCCC(C)CCC. The zero-order valence-electron chi connectivity index (χ0n) is 16.1. The highest BCUT2D eigenvalue weighted by Crippen LogP contribution is 2.25. The van der Waals surface area contributed by atoms with E-state index in [0.29, 0.717) is 30.3 Å². The van der Waals surface area contributed by atoms with Crippen LogP contribution in [0.15, 0.2) is 24.3 Å². The molecule has 5 heteroatoms. The summed E-state index contributed by atoms with van der Waals surface area (Å²) in [4.78, 5) is 25.9. The van der Waals surface area contributed by atoms with Gasteiger partial charge in [-0.3, -0.25) is 9.69 Å². The van der Waals surface area contributed by atoms with Crippen LogP contribution in [0.5, 0.6) is 0 Å². The lowest BCUT2D eigenvalue weighted by molar-refractivity contribution is -0.116. The first-order valence-corrected chi connectivity index (χ1v) is 9.40. The normalized spacial score (nSPS) is 11.7. The number of urea groups is 1. The summed E-state index contributed by atoms with van der Waals surface area (Å²) >= 11 is 0. The van der Waals surface area contributed by atoms with Crippen LogP contribution in [0.1, 0.15) is 59.3 Å². The van der Waals surface area contributed by atoms with Crippen molar-refractivity contribution >= 4 is 23.3 Å². The number of benzene rings is 1. The molecular weight excluding hydrogens is 314 g/mol. The van der Waals surface area contributed by atoms with Gasteiger partial charge in [0.2, 0.25) is 5.91 Å². The number of hydrogen-bond donors (Lipinski definition) is 2. The van der Waals surface area contributed by atoms with E-state index in [4.69, 9.17) is 0 Å². The number of carbonyl (C=O) groups is 2. The Kier molecular flexibility index (Phi) is 9.66. The van der Waals surface area contributed by atoms with Crippen molar-refractivity contribution in [2.45, 2.75) is 59.3 Å². The summed E-state index contributed by atoms with van der Waals surface area (Å²) in [6, 6.07) is 7.22. The molecule has 2 N–H and O–H groups in total. The van der Waals surface area contributed by atoms with Crippen molar-refractivity contribution in [1.29, 1.82) is 0 Å². The van der Waals surface area contributed by atoms with Crippen molar-refractivity contribution in [3.63, 3.8) is 0 Å². The molecule has 0 heterocycles. The molecule has 0 aliphatic carbocycles. The van der Waals surface area contributed by atoms with E-state index in [1.54, 1.807) is 7.05 Å². The maximum atomic E-state index is 12.2. The highest BCUT2D eigenvalue weighted by molar-refractivity contribution is 6.00. The predicted octanol–water partition coefficient (Wildman–Crippen LogP) is 4.79. The molecule has 0 aromatic heterocycles. The van der Waals surface area contributed by atoms with E-state index in [-0.39, 0.29) is 11.9 Å². The van der Waals surface area contributed by atoms with Crippen LogP contribution in [0.3, 0.4) is 0 Å². The Labute approximate surface area is 152 Å². The number of nitrogens with one attached hydrogen (secondary N) is 2. The number of amides is 3. The molecule has 1 atom stereocenters. The van der Waals surface area contributed by atoms with E-state index in [0.717, 1.165) is 19.3 Å². The van der Waals surface area contributed by atoms with Crippen LogP contribution in [0.4, 0.5) is 16.2 Å². The molecular formula is C20H33N3O2. The van der Waals surface area contributed by atoms with Crippen molar-refractivity contribution < 1.29 is 9.59 Å². The second kappa shape index (κ2) is 11.5. The quantitative estimate of drug-likeness (QED) is 0.639. The summed E-state index contributed by atoms with van der Waals surface area (Å²) in [6.45, 7) is 7.07. The van der Waals surface area contributed by atoms with E-state index in [1.165, 1.54) is 17.7 Å². The number of para-hydroxylation sites is 2. The lowest BCUT2D eigenvalue weighted by Crippen LogP contribution is -2.38. The number of carbonyl (C=O) groups excluding carboxylic acids is 2. The fourth-order valence-corrected chi connectivity index (χ4v) is 2.79. The average Bonchev–Trinajstić information content (AvgIpc) is 2.59. The molecule has 25 heavy (non-hydrogen) atoms. The van der Waals surface area contributed by atoms with Gasteiger partial charge in [0, 0.05) is 20.0 Å². The fraction of sp³-hybridized carbons (Fsp3) is 0.600. The summed E-state index contributed by atoms with van der Waals surface area (Å²) in [5.41, 5.74) is 1.37. The fourth-order valence-electron chi connectivity index (χ4n) is 2.79. The molecule has 1 unspecified atom stereocenters. The van der Waals surface area contributed by atoms with E-state index in [9.17, 15) is 9.59 Å². The minimum absolute atomic E-state index is 0.00138. The van der Waals surface area contributed by atoms with Gasteiger partial charge < -0.3 is 10.6 Å². The summed E-state index contributed by atoms with van der Waals surface area (Å²) < 4.78 is 0. The molecule has 0 saturated heterocycles. The Hall–Kier alpha value is -2.04. The highest BCUT2D eigenvalue weighted by atomic mass is 16.2. The molecule has 0 radical (unpaired) electrons. The highest BCUT2D eigenvalue weighted by Gasteiger charge is 2.15. The number of anilines is 2. The molecule has 0 aliphatic heterocycles. The molecule has 1 aromatic carbocycles. The maximum absolute atomic E-state index is 12.2. The topological polar surface area (TPSA) is 61.4 Å². The molecule has 1 aromatic rings. The predicted molar refractivity (Wildman–Crippen MR) is 105 cm³/mol. The lowest BCUT2D eigenvalue weighted by Gasteiger charge is -2.21. The molecule has 0 saturated carbocycles. The first-order valence-electron chi connectivity index (χ1n) is 9.40. The van der Waals surface area contributed by atoms with Gasteiger partial charge in [-0.25, -0.2) is 4.79 Å². The minimum Gasteiger partial charge on any atom is -0.338 e. The van der Waals surface area contributed by atoms with Gasteiger partial charge in [0.1, 0.15) is 0 Å². The smallest absolute Gasteiger partial charge is 0.321 e. The number of rotatable bonds is 10. The number of nitrogens with zero attached hydrogens (tertiary/aromatic N) is 1. The molecule has 0 aliphatic rings. The molecule has 1 rings (SSSR count). The van der Waals surface area contributed by atoms with Crippen LogP contribution in [-0.2, 0) is 4.79 Å². The summed E-state index contributed by atoms with van der Waals surface area (Å²) in [6.07, 6.45) is 5.75. The van der Waals surface area contributed by atoms with Crippen molar-refractivity contribution in [2.75, 3.05) is 23.8 Å². The monoisotopic (exact) mass is 347 g/mol. The largest absolute Gasteiger partial charge is 0.338 e. The lowest BCUT2D eigenvalue weighted by atomic mass is 9.99. The third kappa shape index (κ3) is 7.59. The standard InChI is InChI=1S/C20H33N3O2/c1-5-10-16(3)11-9-14-19(24)22-17-12-7-8-13-18(17)23(4)20(25)21-15-6-2/h7-8,12-13,16H,5-6,9-11,14-15H2,1-4H3,(H,21,25)(H,22,24). The van der Waals surface area contributed by atoms with Gasteiger partial charge in [-0.05, 0) is 30.9 Å². The first-order chi connectivity index (χ1) is 12.0. The second-order valence-corrected chi connectivity index (χ2v) is 6.64. The molecule has 0 spiro atoms. The van der Waals surface area contributed by atoms with E-state index < -0.39 is 0 Å². The van der Waals surface area contributed by atoms with E-state index in [1.807, 2.05) is 31.2 Å².